The number of ether oxygens (including phenoxy) is 1. The predicted octanol–water partition coefficient (Wildman–Crippen LogP) is 0.266. The first-order valence-corrected chi connectivity index (χ1v) is 14.1. The van der Waals surface area contributed by atoms with Gasteiger partial charge in [0.1, 0.15) is 6.04 Å². The smallest absolute Gasteiger partial charge is 0.244 e. The number of aliphatic hydroxyl groups is 1. The van der Waals surface area contributed by atoms with E-state index in [0.29, 0.717) is 39.1 Å². The minimum absolute atomic E-state index is 0.146. The van der Waals surface area contributed by atoms with Gasteiger partial charge in [-0.2, -0.15) is 0 Å². The van der Waals surface area contributed by atoms with Gasteiger partial charge in [-0.25, -0.2) is 0 Å². The van der Waals surface area contributed by atoms with Crippen LogP contribution in [0.25, 0.3) is 0 Å². The van der Waals surface area contributed by atoms with Gasteiger partial charge in [0.15, 0.2) is 0 Å². The lowest BCUT2D eigenvalue weighted by atomic mass is 9.66. The quantitative estimate of drug-likeness (QED) is 0.420. The second-order valence-corrected chi connectivity index (χ2v) is 12.8. The summed E-state index contributed by atoms with van der Waals surface area (Å²) in [6.45, 7) is 6.04. The molecular weight excluding hydrogens is 492 g/mol. The molecule has 10 heteroatoms. The highest BCUT2D eigenvalue weighted by atomic mass is 32.2. The normalized spacial score (nSPS) is 33.9. The number of aliphatic hydroxyl groups excluding tert-OH is 1. The number of amides is 3. The standard InChI is InChI=1S/C27H38N4O5S/c1-26-8-9-27(37-26)21(20(26)23(33)28-2)25(35)31(19(17-32)16-18-6-4-3-5-7-18)22(27)24(34)29-10-11-30-12-14-36-15-13-30/h3-7,19-22,32H,8-17H2,1-2H3,(H,28,33)(H,29,34)/t19-,20-,21+,22?,26+,27?/m1/s1. The Morgan fingerprint density at radius 2 is 1.92 bits per heavy atom. The van der Waals surface area contributed by atoms with Gasteiger partial charge in [0.25, 0.3) is 0 Å². The molecule has 4 fully saturated rings. The molecule has 4 heterocycles. The van der Waals surface area contributed by atoms with E-state index in [1.165, 1.54) is 0 Å². The van der Waals surface area contributed by atoms with Crippen LogP contribution in [0.3, 0.4) is 0 Å². The largest absolute Gasteiger partial charge is 0.394 e. The van der Waals surface area contributed by atoms with Crippen molar-refractivity contribution in [2.45, 2.75) is 47.8 Å². The number of morpholine rings is 1. The summed E-state index contributed by atoms with van der Waals surface area (Å²) < 4.78 is 4.34. The van der Waals surface area contributed by atoms with Crippen molar-refractivity contribution in [2.75, 3.05) is 53.0 Å². The van der Waals surface area contributed by atoms with Crippen molar-refractivity contribution >= 4 is 29.5 Å². The van der Waals surface area contributed by atoms with Crippen LogP contribution in [-0.2, 0) is 25.5 Å². The predicted molar refractivity (Wildman–Crippen MR) is 141 cm³/mol. The highest BCUT2D eigenvalue weighted by Crippen LogP contribution is 2.71. The Morgan fingerprint density at radius 1 is 1.19 bits per heavy atom. The van der Waals surface area contributed by atoms with E-state index in [9.17, 15) is 19.5 Å². The zero-order valence-electron chi connectivity index (χ0n) is 21.7. The molecule has 2 unspecified atom stereocenters. The van der Waals surface area contributed by atoms with Gasteiger partial charge in [-0.05, 0) is 31.7 Å². The van der Waals surface area contributed by atoms with Gasteiger partial charge < -0.3 is 25.4 Å². The number of nitrogens with zero attached hydrogens (tertiary/aromatic N) is 2. The zero-order valence-corrected chi connectivity index (χ0v) is 22.5. The molecule has 4 aliphatic rings. The molecule has 3 amide bonds. The van der Waals surface area contributed by atoms with Gasteiger partial charge in [-0.1, -0.05) is 30.3 Å². The van der Waals surface area contributed by atoms with Gasteiger partial charge in [0.2, 0.25) is 17.7 Å². The SMILES string of the molecule is CNC(=O)[C@H]1[C@H]2C(=O)N([C@@H](CO)Cc3ccccc3)C(C(=O)NCCN3CCOCC3)C23CC[C@]1(C)S3. The summed E-state index contributed by atoms with van der Waals surface area (Å²) in [7, 11) is 1.61. The third-order valence-corrected chi connectivity index (χ3v) is 10.7. The van der Waals surface area contributed by atoms with E-state index in [1.54, 1.807) is 23.7 Å². The number of rotatable bonds is 9. The molecule has 0 radical (unpaired) electrons. The number of carbonyl (C=O) groups excluding carboxylic acids is 3. The van der Waals surface area contributed by atoms with E-state index in [1.807, 2.05) is 30.3 Å². The highest BCUT2D eigenvalue weighted by Gasteiger charge is 2.77. The second kappa shape index (κ2) is 10.6. The second-order valence-electron chi connectivity index (χ2n) is 10.9. The van der Waals surface area contributed by atoms with Crippen LogP contribution in [0.5, 0.6) is 0 Å². The van der Waals surface area contributed by atoms with E-state index in [0.717, 1.165) is 25.1 Å². The maximum absolute atomic E-state index is 14.2. The first-order chi connectivity index (χ1) is 17.8. The van der Waals surface area contributed by atoms with Crippen LogP contribution < -0.4 is 10.6 Å². The molecule has 0 saturated carbocycles. The van der Waals surface area contributed by atoms with Crippen molar-refractivity contribution in [3.63, 3.8) is 0 Å². The molecular formula is C27H38N4O5S. The van der Waals surface area contributed by atoms with E-state index in [2.05, 4.69) is 22.5 Å². The maximum atomic E-state index is 14.2. The van der Waals surface area contributed by atoms with Gasteiger partial charge in [-0.15, -0.1) is 11.8 Å². The van der Waals surface area contributed by atoms with Gasteiger partial charge in [-0.3, -0.25) is 19.3 Å². The molecule has 3 N–H and O–H groups in total. The molecule has 9 nitrogen and oxygen atoms in total. The van der Waals surface area contributed by atoms with Crippen LogP contribution in [0, 0.1) is 11.8 Å². The average Bonchev–Trinajstić information content (AvgIpc) is 3.48. The number of benzene rings is 1. The lowest BCUT2D eigenvalue weighted by Crippen LogP contribution is -2.57. The Labute approximate surface area is 222 Å². The molecule has 5 rings (SSSR count). The van der Waals surface area contributed by atoms with Crippen molar-refractivity contribution in [3.8, 4) is 0 Å². The summed E-state index contributed by atoms with van der Waals surface area (Å²) in [5.41, 5.74) is 0.988. The van der Waals surface area contributed by atoms with Crippen molar-refractivity contribution in [1.82, 2.24) is 20.4 Å². The van der Waals surface area contributed by atoms with Crippen molar-refractivity contribution in [1.29, 1.82) is 0 Å². The van der Waals surface area contributed by atoms with Crippen LogP contribution in [0.1, 0.15) is 25.3 Å². The van der Waals surface area contributed by atoms with E-state index >= 15 is 0 Å². The first-order valence-electron chi connectivity index (χ1n) is 13.3. The molecule has 202 valence electrons. The fourth-order valence-corrected chi connectivity index (χ4v) is 9.35. The Balaban J connectivity index is 1.45. The van der Waals surface area contributed by atoms with Crippen LogP contribution in [0.2, 0.25) is 0 Å². The Kier molecular flexibility index (Phi) is 7.55. The zero-order chi connectivity index (χ0) is 26.2. The number of hydrogen-bond acceptors (Lipinski definition) is 7. The fourth-order valence-electron chi connectivity index (χ4n) is 7.01. The molecule has 4 saturated heterocycles. The van der Waals surface area contributed by atoms with Crippen molar-refractivity contribution < 1.29 is 24.2 Å². The molecule has 1 spiro atoms. The van der Waals surface area contributed by atoms with E-state index in [-0.39, 0.29) is 24.3 Å². The minimum atomic E-state index is -0.739. The number of carbonyl (C=O) groups is 3. The summed E-state index contributed by atoms with van der Waals surface area (Å²) in [5.74, 6) is -1.62. The number of thioether (sulfide) groups is 1. The topological polar surface area (TPSA) is 111 Å². The first kappa shape index (κ1) is 26.5. The number of fused-ring (bicyclic) bond motifs is 1. The van der Waals surface area contributed by atoms with Crippen molar-refractivity contribution in [3.05, 3.63) is 35.9 Å². The van der Waals surface area contributed by atoms with Crippen LogP contribution >= 0.6 is 11.8 Å². The molecule has 1 aromatic carbocycles. The molecule has 37 heavy (non-hydrogen) atoms. The third-order valence-electron chi connectivity index (χ3n) is 8.74. The summed E-state index contributed by atoms with van der Waals surface area (Å²) in [4.78, 5) is 45.1. The third kappa shape index (κ3) is 4.56. The lowest BCUT2D eigenvalue weighted by Gasteiger charge is -2.37. The van der Waals surface area contributed by atoms with E-state index < -0.39 is 33.4 Å². The molecule has 1 aromatic rings. The molecule has 2 bridgehead atoms. The summed E-state index contributed by atoms with van der Waals surface area (Å²) in [5, 5.41) is 16.4. The Hall–Kier alpha value is -2.14. The van der Waals surface area contributed by atoms with Gasteiger partial charge >= 0.3 is 0 Å². The molecule has 6 atom stereocenters. The molecule has 0 aliphatic carbocycles. The van der Waals surface area contributed by atoms with Crippen LogP contribution in [-0.4, -0.2) is 107 Å². The molecule has 4 aliphatic heterocycles. The summed E-state index contributed by atoms with van der Waals surface area (Å²) >= 11 is 1.65. The number of hydrogen-bond donors (Lipinski definition) is 3. The average molecular weight is 531 g/mol. The fraction of sp³-hybridized carbons (Fsp3) is 0.667. The Morgan fingerprint density at radius 3 is 2.59 bits per heavy atom. The van der Waals surface area contributed by atoms with E-state index in [4.69, 9.17) is 4.74 Å². The minimum Gasteiger partial charge on any atom is -0.394 e. The van der Waals surface area contributed by atoms with Gasteiger partial charge in [0, 0.05) is 38.0 Å². The summed E-state index contributed by atoms with van der Waals surface area (Å²) in [6, 6.07) is 8.43. The van der Waals surface area contributed by atoms with Crippen LogP contribution in [0.4, 0.5) is 0 Å². The highest BCUT2D eigenvalue weighted by molar-refractivity contribution is 8.02. The lowest BCUT2D eigenvalue weighted by molar-refractivity contribution is -0.143. The Bertz CT molecular complexity index is 1020. The number of nitrogens with one attached hydrogen (secondary N) is 2. The van der Waals surface area contributed by atoms with Crippen molar-refractivity contribution in [2.24, 2.45) is 11.8 Å². The summed E-state index contributed by atoms with van der Waals surface area (Å²) in [6.07, 6.45) is 1.91. The maximum Gasteiger partial charge on any atom is 0.244 e. The number of likely N-dealkylation sites (tertiary alicyclic amines) is 1. The molecule has 0 aromatic heterocycles. The monoisotopic (exact) mass is 530 g/mol. The van der Waals surface area contributed by atoms with Gasteiger partial charge in [0.05, 0.1) is 42.4 Å². The van der Waals surface area contributed by atoms with Crippen LogP contribution in [0.15, 0.2) is 30.3 Å².